The van der Waals surface area contributed by atoms with Gasteiger partial charge in [0, 0.05) is 41.2 Å². The molecule has 0 aliphatic carbocycles. The molecular weight excluding hydrogens is 394 g/mol. The molecule has 0 unspecified atom stereocenters. The summed E-state index contributed by atoms with van der Waals surface area (Å²) in [5, 5.41) is 6.58. The summed E-state index contributed by atoms with van der Waals surface area (Å²) in [5.74, 6) is -0.0861. The summed E-state index contributed by atoms with van der Waals surface area (Å²) in [6.45, 7) is 1.43. The van der Waals surface area contributed by atoms with E-state index in [4.69, 9.17) is 11.6 Å². The van der Waals surface area contributed by atoms with Gasteiger partial charge in [0.15, 0.2) is 0 Å². The van der Waals surface area contributed by atoms with Gasteiger partial charge < -0.3 is 15.5 Å². The maximum Gasteiger partial charge on any atom is 0.238 e. The van der Waals surface area contributed by atoms with Crippen LogP contribution in [0, 0.1) is 0 Å². The summed E-state index contributed by atoms with van der Waals surface area (Å²) >= 11 is 7.42. The quantitative estimate of drug-likeness (QED) is 0.783. The maximum atomic E-state index is 12.7. The number of fused-ring (bicyclic) bond motifs is 1. The van der Waals surface area contributed by atoms with Gasteiger partial charge in [-0.05, 0) is 43.2 Å². The van der Waals surface area contributed by atoms with Crippen LogP contribution in [-0.4, -0.2) is 41.1 Å². The molecule has 2 heterocycles. The van der Waals surface area contributed by atoms with E-state index in [9.17, 15) is 9.59 Å². The molecule has 5 nitrogen and oxygen atoms in total. The first-order valence-electron chi connectivity index (χ1n) is 9.45. The van der Waals surface area contributed by atoms with Crippen LogP contribution in [0.15, 0.2) is 53.4 Å². The van der Waals surface area contributed by atoms with E-state index in [1.807, 2.05) is 29.2 Å². The summed E-state index contributed by atoms with van der Waals surface area (Å²) in [5.41, 5.74) is 1.83. The molecule has 28 heavy (non-hydrogen) atoms. The Hall–Kier alpha value is -2.18. The fraction of sp³-hybridized carbons (Fsp3) is 0.333. The van der Waals surface area contributed by atoms with E-state index >= 15 is 0 Å². The molecule has 1 atom stereocenters. The van der Waals surface area contributed by atoms with E-state index in [1.54, 1.807) is 12.1 Å². The van der Waals surface area contributed by atoms with Crippen LogP contribution in [0.2, 0.25) is 5.02 Å². The van der Waals surface area contributed by atoms with E-state index in [0.29, 0.717) is 24.2 Å². The molecule has 7 heteroatoms. The van der Waals surface area contributed by atoms with Crippen LogP contribution in [0.3, 0.4) is 0 Å². The number of anilines is 2. The summed E-state index contributed by atoms with van der Waals surface area (Å²) in [4.78, 5) is 28.0. The van der Waals surface area contributed by atoms with Gasteiger partial charge in [-0.1, -0.05) is 29.8 Å². The number of hydrogen-bond acceptors (Lipinski definition) is 4. The molecule has 146 valence electrons. The van der Waals surface area contributed by atoms with Crippen LogP contribution in [0.25, 0.3) is 0 Å². The monoisotopic (exact) mass is 415 g/mol. The van der Waals surface area contributed by atoms with E-state index in [2.05, 4.69) is 22.8 Å². The van der Waals surface area contributed by atoms with Crippen molar-refractivity contribution in [1.82, 2.24) is 4.90 Å². The molecule has 1 fully saturated rings. The minimum atomic E-state index is -0.402. The van der Waals surface area contributed by atoms with Crippen LogP contribution < -0.4 is 10.6 Å². The van der Waals surface area contributed by atoms with Crippen molar-refractivity contribution in [3.05, 3.63) is 53.6 Å². The number of nitrogens with one attached hydrogen (secondary N) is 2. The smallest absolute Gasteiger partial charge is 0.238 e. The molecular formula is C21H22ClN3O2S. The molecule has 2 aromatic carbocycles. The lowest BCUT2D eigenvalue weighted by Gasteiger charge is -2.34. The average Bonchev–Trinajstić information content (AvgIpc) is 2.70. The van der Waals surface area contributed by atoms with Crippen LogP contribution >= 0.6 is 23.4 Å². The van der Waals surface area contributed by atoms with Gasteiger partial charge in [-0.25, -0.2) is 0 Å². The lowest BCUT2D eigenvalue weighted by Crippen LogP contribution is -2.44. The number of likely N-dealkylation sites (tertiary alicyclic amines) is 1. The second-order valence-electron chi connectivity index (χ2n) is 7.11. The Morgan fingerprint density at radius 1 is 1.18 bits per heavy atom. The Kier molecular flexibility index (Phi) is 5.78. The fourth-order valence-electron chi connectivity index (χ4n) is 3.59. The second-order valence-corrected chi connectivity index (χ2v) is 8.79. The number of piperidine rings is 1. The summed E-state index contributed by atoms with van der Waals surface area (Å²) in [7, 11) is 0. The standard InChI is InChI=1S/C21H22ClN3O2S/c22-14-6-7-18-17(12-14)24-21(27)19(28-18)13-20(26)25-10-8-16(9-11-25)23-15-4-2-1-3-5-15/h1-7,12,16,19,23H,8-11,13H2,(H,24,27)/t19-/m1/s1. The molecule has 2 aromatic rings. The summed E-state index contributed by atoms with van der Waals surface area (Å²) in [6, 6.07) is 15.9. The molecule has 2 aliphatic rings. The van der Waals surface area contributed by atoms with Crippen molar-refractivity contribution in [3.8, 4) is 0 Å². The number of halogens is 1. The van der Waals surface area contributed by atoms with Gasteiger partial charge in [0.2, 0.25) is 11.8 Å². The number of carbonyl (C=O) groups is 2. The number of carbonyl (C=O) groups excluding carboxylic acids is 2. The fourth-order valence-corrected chi connectivity index (χ4v) is 4.84. The van der Waals surface area contributed by atoms with Crippen molar-refractivity contribution >= 4 is 46.6 Å². The van der Waals surface area contributed by atoms with E-state index in [1.165, 1.54) is 11.8 Å². The summed E-state index contributed by atoms with van der Waals surface area (Å²) in [6.07, 6.45) is 2.04. The third kappa shape index (κ3) is 4.45. The lowest BCUT2D eigenvalue weighted by atomic mass is 10.0. The minimum Gasteiger partial charge on any atom is -0.382 e. The van der Waals surface area contributed by atoms with Gasteiger partial charge in [-0.3, -0.25) is 9.59 Å². The lowest BCUT2D eigenvalue weighted by molar-refractivity contribution is -0.133. The van der Waals surface area contributed by atoms with Crippen LogP contribution in [0.1, 0.15) is 19.3 Å². The van der Waals surface area contributed by atoms with Crippen LogP contribution in [0.4, 0.5) is 11.4 Å². The topological polar surface area (TPSA) is 61.4 Å². The van der Waals surface area contributed by atoms with Gasteiger partial charge in [-0.2, -0.15) is 0 Å². The highest BCUT2D eigenvalue weighted by Gasteiger charge is 2.31. The van der Waals surface area contributed by atoms with Crippen molar-refractivity contribution in [2.45, 2.75) is 35.4 Å². The molecule has 0 spiro atoms. The third-order valence-corrected chi connectivity index (χ3v) is 6.62. The predicted molar refractivity (Wildman–Crippen MR) is 114 cm³/mol. The Bertz CT molecular complexity index is 869. The zero-order chi connectivity index (χ0) is 19.5. The van der Waals surface area contributed by atoms with Crippen LogP contribution in [0.5, 0.6) is 0 Å². The molecule has 2 N–H and O–H groups in total. The highest BCUT2D eigenvalue weighted by atomic mass is 35.5. The number of hydrogen-bond donors (Lipinski definition) is 2. The van der Waals surface area contributed by atoms with Gasteiger partial charge >= 0.3 is 0 Å². The normalized spacial score (nSPS) is 19.7. The van der Waals surface area contributed by atoms with Crippen molar-refractivity contribution in [2.24, 2.45) is 0 Å². The molecule has 2 amide bonds. The minimum absolute atomic E-state index is 0.0447. The number of benzene rings is 2. The van der Waals surface area contributed by atoms with Crippen LogP contribution in [-0.2, 0) is 9.59 Å². The molecule has 1 saturated heterocycles. The van der Waals surface area contributed by atoms with Gasteiger partial charge in [0.1, 0.15) is 0 Å². The van der Waals surface area contributed by atoms with Gasteiger partial charge in [0.25, 0.3) is 0 Å². The maximum absolute atomic E-state index is 12.7. The van der Waals surface area contributed by atoms with E-state index < -0.39 is 5.25 Å². The number of nitrogens with zero attached hydrogens (tertiary/aromatic N) is 1. The number of amides is 2. The van der Waals surface area contributed by atoms with E-state index in [0.717, 1.165) is 29.1 Å². The first-order valence-corrected chi connectivity index (χ1v) is 10.7. The highest BCUT2D eigenvalue weighted by Crippen LogP contribution is 2.38. The average molecular weight is 416 g/mol. The predicted octanol–water partition coefficient (Wildman–Crippen LogP) is 4.25. The molecule has 0 radical (unpaired) electrons. The van der Waals surface area contributed by atoms with Crippen molar-refractivity contribution in [2.75, 3.05) is 23.7 Å². The zero-order valence-electron chi connectivity index (χ0n) is 15.4. The highest BCUT2D eigenvalue weighted by molar-refractivity contribution is 8.01. The number of rotatable bonds is 4. The Balaban J connectivity index is 1.30. The SMILES string of the molecule is O=C1Nc2cc(Cl)ccc2S[C@@H]1CC(=O)N1CCC(Nc2ccccc2)CC1. The molecule has 2 aliphatic heterocycles. The number of thioether (sulfide) groups is 1. The second kappa shape index (κ2) is 8.45. The molecule has 0 bridgehead atoms. The van der Waals surface area contributed by atoms with Gasteiger partial charge in [-0.15, -0.1) is 11.8 Å². The van der Waals surface area contributed by atoms with Gasteiger partial charge in [0.05, 0.1) is 10.9 Å². The van der Waals surface area contributed by atoms with E-state index in [-0.39, 0.29) is 18.2 Å². The molecule has 4 rings (SSSR count). The Morgan fingerprint density at radius 2 is 1.93 bits per heavy atom. The zero-order valence-corrected chi connectivity index (χ0v) is 16.9. The Labute approximate surface area is 173 Å². The van der Waals surface area contributed by atoms with Crippen molar-refractivity contribution in [1.29, 1.82) is 0 Å². The van der Waals surface area contributed by atoms with Crippen molar-refractivity contribution in [3.63, 3.8) is 0 Å². The molecule has 0 aromatic heterocycles. The van der Waals surface area contributed by atoms with Crippen molar-refractivity contribution < 1.29 is 9.59 Å². The Morgan fingerprint density at radius 3 is 2.68 bits per heavy atom. The first-order chi connectivity index (χ1) is 13.6. The largest absolute Gasteiger partial charge is 0.382 e. The summed E-state index contributed by atoms with van der Waals surface area (Å²) < 4.78 is 0. The molecule has 0 saturated carbocycles. The number of para-hydroxylation sites is 1. The first kappa shape index (κ1) is 19.2. The third-order valence-electron chi connectivity index (χ3n) is 5.11.